The van der Waals surface area contributed by atoms with Crippen LogP contribution >= 0.6 is 0 Å². The molecule has 2 aromatic heterocycles. The minimum Gasteiger partial charge on any atom is -0.475 e. The van der Waals surface area contributed by atoms with E-state index in [4.69, 9.17) is 14.6 Å². The summed E-state index contributed by atoms with van der Waals surface area (Å²) in [5, 5.41) is 11.4. The van der Waals surface area contributed by atoms with Crippen LogP contribution in [0.5, 0.6) is 0 Å². The van der Waals surface area contributed by atoms with Gasteiger partial charge in [0.15, 0.2) is 0 Å². The minimum absolute atomic E-state index is 0.314. The Bertz CT molecular complexity index is 772. The van der Waals surface area contributed by atoms with Crippen LogP contribution in [0.25, 0.3) is 0 Å². The number of carboxylic acids is 1. The maximum Gasteiger partial charge on any atom is 0.490 e. The zero-order valence-corrected chi connectivity index (χ0v) is 15.3. The molecular formula is C16H22F3N5O3. The van der Waals surface area contributed by atoms with Crippen LogP contribution in [0.3, 0.4) is 0 Å². The van der Waals surface area contributed by atoms with Crippen LogP contribution in [-0.2, 0) is 36.3 Å². The van der Waals surface area contributed by atoms with Gasteiger partial charge in [-0.3, -0.25) is 9.58 Å². The first-order chi connectivity index (χ1) is 12.6. The number of hydrogen-bond acceptors (Lipinski definition) is 5. The smallest absolute Gasteiger partial charge is 0.475 e. The van der Waals surface area contributed by atoms with Crippen molar-refractivity contribution in [2.24, 2.45) is 7.05 Å². The van der Waals surface area contributed by atoms with Crippen LogP contribution in [0.1, 0.15) is 30.0 Å². The highest BCUT2D eigenvalue weighted by Gasteiger charge is 2.38. The van der Waals surface area contributed by atoms with Crippen molar-refractivity contribution >= 4 is 5.97 Å². The number of carbonyl (C=O) groups is 1. The Labute approximate surface area is 154 Å². The maximum atomic E-state index is 10.6. The van der Waals surface area contributed by atoms with E-state index in [1.54, 1.807) is 7.11 Å². The van der Waals surface area contributed by atoms with E-state index in [0.29, 0.717) is 12.6 Å². The second kappa shape index (κ2) is 8.53. The molecule has 0 aromatic carbocycles. The summed E-state index contributed by atoms with van der Waals surface area (Å²) in [5.74, 6) is -1.63. The van der Waals surface area contributed by atoms with Crippen molar-refractivity contribution in [1.82, 2.24) is 24.2 Å². The van der Waals surface area contributed by atoms with E-state index in [9.17, 15) is 13.2 Å². The third-order valence-corrected chi connectivity index (χ3v) is 4.18. The standard InChI is InChI=1S/C14H21N5O.C2HF3O2/c1-11-14-15-7-13(10-20-3)19(14)5-4-18(11)9-12-6-16-17(2)8-12;3-2(4,5)1(6)7/h6-8,11H,4-5,9-10H2,1-3H3;(H,6,7). The number of carboxylic acid groups (broad SMARTS) is 1. The molecule has 1 unspecified atom stereocenters. The molecule has 11 heteroatoms. The van der Waals surface area contributed by atoms with E-state index in [0.717, 1.165) is 31.2 Å². The highest BCUT2D eigenvalue weighted by atomic mass is 19.4. The zero-order valence-electron chi connectivity index (χ0n) is 15.3. The fourth-order valence-corrected chi connectivity index (χ4v) is 2.87. The quantitative estimate of drug-likeness (QED) is 0.861. The maximum absolute atomic E-state index is 10.6. The highest BCUT2D eigenvalue weighted by Crippen LogP contribution is 2.26. The van der Waals surface area contributed by atoms with Crippen molar-refractivity contribution in [3.05, 3.63) is 35.7 Å². The number of ether oxygens (including phenoxy) is 1. The molecule has 0 aliphatic carbocycles. The molecular weight excluding hydrogens is 367 g/mol. The van der Waals surface area contributed by atoms with E-state index in [1.807, 2.05) is 24.1 Å². The number of aromatic nitrogens is 4. The predicted octanol–water partition coefficient (Wildman–Crippen LogP) is 1.97. The van der Waals surface area contributed by atoms with Gasteiger partial charge in [0.1, 0.15) is 5.82 Å². The van der Waals surface area contributed by atoms with Gasteiger partial charge in [-0.05, 0) is 6.92 Å². The van der Waals surface area contributed by atoms with E-state index in [1.165, 1.54) is 5.56 Å². The molecule has 0 amide bonds. The first kappa shape index (κ1) is 20.9. The highest BCUT2D eigenvalue weighted by molar-refractivity contribution is 5.73. The summed E-state index contributed by atoms with van der Waals surface area (Å²) in [6, 6.07) is 0.314. The molecule has 0 fully saturated rings. The molecule has 1 atom stereocenters. The zero-order chi connectivity index (χ0) is 20.2. The number of fused-ring (bicyclic) bond motifs is 1. The molecule has 0 spiro atoms. The lowest BCUT2D eigenvalue weighted by Crippen LogP contribution is -2.37. The molecule has 3 rings (SSSR count). The van der Waals surface area contributed by atoms with E-state index < -0.39 is 12.1 Å². The van der Waals surface area contributed by atoms with Crippen LogP contribution in [0.2, 0.25) is 0 Å². The minimum atomic E-state index is -5.08. The molecule has 150 valence electrons. The molecule has 1 aliphatic heterocycles. The largest absolute Gasteiger partial charge is 0.490 e. The van der Waals surface area contributed by atoms with Gasteiger partial charge in [-0.25, -0.2) is 9.78 Å². The summed E-state index contributed by atoms with van der Waals surface area (Å²) in [4.78, 5) is 15.9. The molecule has 0 bridgehead atoms. The number of methoxy groups -OCH3 is 1. The van der Waals surface area contributed by atoms with Crippen molar-refractivity contribution < 1.29 is 27.8 Å². The summed E-state index contributed by atoms with van der Waals surface area (Å²) in [7, 11) is 3.67. The molecule has 0 saturated carbocycles. The van der Waals surface area contributed by atoms with E-state index in [-0.39, 0.29) is 0 Å². The molecule has 0 saturated heterocycles. The Kier molecular flexibility index (Phi) is 6.60. The number of aliphatic carboxylic acids is 1. The Morgan fingerprint density at radius 2 is 2.04 bits per heavy atom. The van der Waals surface area contributed by atoms with Gasteiger partial charge in [0.2, 0.25) is 0 Å². The van der Waals surface area contributed by atoms with E-state index in [2.05, 4.69) is 32.7 Å². The van der Waals surface area contributed by atoms with Gasteiger partial charge in [-0.15, -0.1) is 0 Å². The monoisotopic (exact) mass is 389 g/mol. The number of imidazole rings is 1. The Balaban J connectivity index is 0.000000321. The molecule has 1 N–H and O–H groups in total. The van der Waals surface area contributed by atoms with Gasteiger partial charge in [-0.2, -0.15) is 18.3 Å². The summed E-state index contributed by atoms with van der Waals surface area (Å²) >= 11 is 0. The second-order valence-electron chi connectivity index (χ2n) is 6.16. The summed E-state index contributed by atoms with van der Waals surface area (Å²) in [6.45, 7) is 5.75. The van der Waals surface area contributed by atoms with Gasteiger partial charge in [0.05, 0.1) is 30.7 Å². The summed E-state index contributed by atoms with van der Waals surface area (Å²) in [5.41, 5.74) is 2.41. The fourth-order valence-electron chi connectivity index (χ4n) is 2.87. The van der Waals surface area contributed by atoms with Crippen molar-refractivity contribution in [2.45, 2.75) is 38.8 Å². The van der Waals surface area contributed by atoms with Gasteiger partial charge >= 0.3 is 12.1 Å². The van der Waals surface area contributed by atoms with Gasteiger partial charge in [0.25, 0.3) is 0 Å². The number of nitrogens with zero attached hydrogens (tertiary/aromatic N) is 5. The number of alkyl halides is 3. The number of halogens is 3. The van der Waals surface area contributed by atoms with Crippen molar-refractivity contribution in [1.29, 1.82) is 0 Å². The number of rotatable bonds is 4. The number of aryl methyl sites for hydroxylation is 1. The van der Waals surface area contributed by atoms with Crippen molar-refractivity contribution in [3.63, 3.8) is 0 Å². The molecule has 3 heterocycles. The third kappa shape index (κ3) is 5.30. The summed E-state index contributed by atoms with van der Waals surface area (Å²) in [6.07, 6.45) is 0.858. The van der Waals surface area contributed by atoms with Crippen LogP contribution in [0.4, 0.5) is 13.2 Å². The van der Waals surface area contributed by atoms with Gasteiger partial charge in [-0.1, -0.05) is 0 Å². The normalized spacial score (nSPS) is 17.2. The Morgan fingerprint density at radius 1 is 1.37 bits per heavy atom. The lowest BCUT2D eigenvalue weighted by Gasteiger charge is -2.34. The molecule has 8 nitrogen and oxygen atoms in total. The average molecular weight is 389 g/mol. The van der Waals surface area contributed by atoms with Crippen molar-refractivity contribution in [2.75, 3.05) is 13.7 Å². The second-order valence-corrected chi connectivity index (χ2v) is 6.16. The topological polar surface area (TPSA) is 85.4 Å². The molecule has 0 radical (unpaired) electrons. The van der Waals surface area contributed by atoms with Gasteiger partial charge in [0, 0.05) is 45.6 Å². The molecule has 1 aliphatic rings. The Morgan fingerprint density at radius 3 is 2.56 bits per heavy atom. The van der Waals surface area contributed by atoms with Crippen LogP contribution < -0.4 is 0 Å². The van der Waals surface area contributed by atoms with Gasteiger partial charge < -0.3 is 14.4 Å². The lowest BCUT2D eigenvalue weighted by molar-refractivity contribution is -0.192. The lowest BCUT2D eigenvalue weighted by atomic mass is 10.2. The summed E-state index contributed by atoms with van der Waals surface area (Å²) < 4.78 is 41.1. The fraction of sp³-hybridized carbons (Fsp3) is 0.562. The number of hydrogen-bond donors (Lipinski definition) is 1. The first-order valence-electron chi connectivity index (χ1n) is 8.18. The molecule has 2 aromatic rings. The van der Waals surface area contributed by atoms with Crippen LogP contribution in [0, 0.1) is 0 Å². The average Bonchev–Trinajstić information content (AvgIpc) is 3.17. The predicted molar refractivity (Wildman–Crippen MR) is 88.7 cm³/mol. The SMILES string of the molecule is COCc1cnc2n1CCN(Cc1cnn(C)c1)C2C.O=C(O)C(F)(F)F. The van der Waals surface area contributed by atoms with E-state index >= 15 is 0 Å². The first-order valence-corrected chi connectivity index (χ1v) is 8.18. The van der Waals surface area contributed by atoms with Crippen molar-refractivity contribution in [3.8, 4) is 0 Å². The molecule has 27 heavy (non-hydrogen) atoms. The van der Waals surface area contributed by atoms with Crippen LogP contribution in [-0.4, -0.2) is 55.1 Å². The van der Waals surface area contributed by atoms with Crippen LogP contribution in [0.15, 0.2) is 18.6 Å². The Hall–Kier alpha value is -2.40. The third-order valence-electron chi connectivity index (χ3n) is 4.18.